The number of aliphatic carboxylic acids is 1. The average molecular weight is 293 g/mol. The lowest BCUT2D eigenvalue weighted by Crippen LogP contribution is -2.52. The molecule has 116 valence electrons. The Balaban J connectivity index is 3.09. The number of carboxylic acid groups (broad SMARTS) is 1. The zero-order chi connectivity index (χ0) is 16.2. The third kappa shape index (κ3) is 3.97. The summed E-state index contributed by atoms with van der Waals surface area (Å²) < 4.78 is 5.56. The number of benzene rings is 1. The first-order valence-electron chi connectivity index (χ1n) is 7.02. The van der Waals surface area contributed by atoms with Crippen LogP contribution in [-0.2, 0) is 4.79 Å². The fourth-order valence-electron chi connectivity index (χ4n) is 2.04. The second-order valence-electron chi connectivity index (χ2n) is 5.61. The van der Waals surface area contributed by atoms with Crippen molar-refractivity contribution in [2.75, 3.05) is 6.54 Å². The van der Waals surface area contributed by atoms with Gasteiger partial charge in [-0.15, -0.1) is 0 Å². The van der Waals surface area contributed by atoms with Crippen LogP contribution in [0.4, 0.5) is 0 Å². The molecule has 1 rings (SSSR count). The highest BCUT2D eigenvalue weighted by atomic mass is 16.5. The molecule has 21 heavy (non-hydrogen) atoms. The molecular weight excluding hydrogens is 270 g/mol. The molecule has 1 amide bonds. The van der Waals surface area contributed by atoms with Gasteiger partial charge in [0.25, 0.3) is 5.91 Å². The van der Waals surface area contributed by atoms with Gasteiger partial charge >= 0.3 is 5.97 Å². The maximum Gasteiger partial charge on any atom is 0.329 e. The molecule has 1 aromatic rings. The minimum Gasteiger partial charge on any atom is -0.491 e. The Hall–Kier alpha value is -2.04. The zero-order valence-electron chi connectivity index (χ0n) is 13.2. The molecule has 0 saturated carbocycles. The molecule has 0 bridgehead atoms. The van der Waals surface area contributed by atoms with E-state index in [2.05, 4.69) is 0 Å². The predicted octanol–water partition coefficient (Wildman–Crippen LogP) is 2.80. The van der Waals surface area contributed by atoms with E-state index < -0.39 is 11.5 Å². The number of hydrogen-bond acceptors (Lipinski definition) is 3. The summed E-state index contributed by atoms with van der Waals surface area (Å²) in [6.45, 7) is 8.92. The first kappa shape index (κ1) is 17.0. The van der Waals surface area contributed by atoms with E-state index in [4.69, 9.17) is 4.74 Å². The van der Waals surface area contributed by atoms with Gasteiger partial charge in [-0.2, -0.15) is 0 Å². The van der Waals surface area contributed by atoms with Crippen molar-refractivity contribution in [2.24, 2.45) is 0 Å². The number of carbonyl (C=O) groups is 2. The maximum atomic E-state index is 12.6. The number of carboxylic acids is 1. The van der Waals surface area contributed by atoms with Gasteiger partial charge < -0.3 is 14.7 Å². The van der Waals surface area contributed by atoms with Gasteiger partial charge in [-0.05, 0) is 52.8 Å². The number of hydrogen-bond donors (Lipinski definition) is 1. The highest BCUT2D eigenvalue weighted by Crippen LogP contribution is 2.21. The minimum atomic E-state index is -1.26. The molecule has 1 aromatic carbocycles. The standard InChI is InChI=1S/C16H23NO4/c1-6-17(16(4,5)15(19)20)14(18)12-8-7-9-13(10-12)21-11(2)3/h7-11H,6H2,1-5H3,(H,19,20). The van der Waals surface area contributed by atoms with E-state index in [-0.39, 0.29) is 12.0 Å². The molecule has 0 unspecified atom stereocenters. The van der Waals surface area contributed by atoms with Gasteiger partial charge in [0.1, 0.15) is 11.3 Å². The molecule has 0 aliphatic carbocycles. The molecule has 0 fully saturated rings. The monoisotopic (exact) mass is 293 g/mol. The van der Waals surface area contributed by atoms with Gasteiger partial charge in [0.15, 0.2) is 0 Å². The van der Waals surface area contributed by atoms with Crippen LogP contribution >= 0.6 is 0 Å². The smallest absolute Gasteiger partial charge is 0.329 e. The normalized spacial score (nSPS) is 11.3. The molecule has 1 N–H and O–H groups in total. The zero-order valence-corrected chi connectivity index (χ0v) is 13.2. The lowest BCUT2D eigenvalue weighted by molar-refractivity contribution is -0.147. The summed E-state index contributed by atoms with van der Waals surface area (Å²) in [5.41, 5.74) is -0.842. The number of nitrogens with zero attached hydrogens (tertiary/aromatic N) is 1. The van der Waals surface area contributed by atoms with Crippen molar-refractivity contribution in [2.45, 2.75) is 46.3 Å². The Bertz CT molecular complexity index is 523. The largest absolute Gasteiger partial charge is 0.491 e. The van der Waals surface area contributed by atoms with E-state index in [1.165, 1.54) is 18.7 Å². The number of likely N-dealkylation sites (N-methyl/N-ethyl adjacent to an activating group) is 1. The first-order valence-corrected chi connectivity index (χ1v) is 7.02. The maximum absolute atomic E-state index is 12.6. The molecule has 5 nitrogen and oxygen atoms in total. The van der Waals surface area contributed by atoms with Gasteiger partial charge in [0.2, 0.25) is 0 Å². The second kappa shape index (κ2) is 6.61. The summed E-state index contributed by atoms with van der Waals surface area (Å²) in [5, 5.41) is 9.29. The fourth-order valence-corrected chi connectivity index (χ4v) is 2.04. The topological polar surface area (TPSA) is 66.8 Å². The highest BCUT2D eigenvalue weighted by molar-refractivity contribution is 5.98. The molecule has 0 radical (unpaired) electrons. The van der Waals surface area contributed by atoms with Crippen LogP contribution in [0.25, 0.3) is 0 Å². The van der Waals surface area contributed by atoms with E-state index in [0.29, 0.717) is 17.9 Å². The Morgan fingerprint density at radius 3 is 2.43 bits per heavy atom. The van der Waals surface area contributed by atoms with Gasteiger partial charge in [0, 0.05) is 12.1 Å². The van der Waals surface area contributed by atoms with Gasteiger partial charge in [-0.1, -0.05) is 6.07 Å². The number of rotatable bonds is 6. The lowest BCUT2D eigenvalue weighted by Gasteiger charge is -2.34. The lowest BCUT2D eigenvalue weighted by atomic mass is 10.0. The molecule has 0 spiro atoms. The van der Waals surface area contributed by atoms with Gasteiger partial charge in [-0.25, -0.2) is 4.79 Å². The summed E-state index contributed by atoms with van der Waals surface area (Å²) in [5.74, 6) is -0.758. The van der Waals surface area contributed by atoms with Gasteiger partial charge in [0.05, 0.1) is 6.10 Å². The number of carbonyl (C=O) groups excluding carboxylic acids is 1. The summed E-state index contributed by atoms with van der Waals surface area (Å²) >= 11 is 0. The third-order valence-corrected chi connectivity index (χ3v) is 3.21. The minimum absolute atomic E-state index is 0.00749. The van der Waals surface area contributed by atoms with Crippen LogP contribution in [0.1, 0.15) is 45.0 Å². The summed E-state index contributed by atoms with van der Waals surface area (Å²) in [7, 11) is 0. The van der Waals surface area contributed by atoms with Crippen LogP contribution in [0.3, 0.4) is 0 Å². The Morgan fingerprint density at radius 2 is 1.95 bits per heavy atom. The predicted molar refractivity (Wildman–Crippen MR) is 80.6 cm³/mol. The quantitative estimate of drug-likeness (QED) is 0.875. The summed E-state index contributed by atoms with van der Waals surface area (Å²) in [6, 6.07) is 6.81. The molecule has 0 saturated heterocycles. The molecule has 0 aromatic heterocycles. The van der Waals surface area contributed by atoms with Crippen LogP contribution < -0.4 is 4.74 Å². The SMILES string of the molecule is CCN(C(=O)c1cccc(OC(C)C)c1)C(C)(C)C(=O)O. The van der Waals surface area contributed by atoms with Crippen LogP contribution in [-0.4, -0.2) is 40.1 Å². The van der Waals surface area contributed by atoms with Crippen molar-refractivity contribution >= 4 is 11.9 Å². The van der Waals surface area contributed by atoms with Gasteiger partial charge in [-0.3, -0.25) is 4.79 Å². The van der Waals surface area contributed by atoms with Crippen LogP contribution in [0.15, 0.2) is 24.3 Å². The molecule has 0 atom stereocenters. The highest BCUT2D eigenvalue weighted by Gasteiger charge is 2.37. The van der Waals surface area contributed by atoms with Crippen LogP contribution in [0.5, 0.6) is 5.75 Å². The molecule has 5 heteroatoms. The van der Waals surface area contributed by atoms with Crippen molar-refractivity contribution in [3.63, 3.8) is 0 Å². The molecule has 0 aliphatic rings. The summed E-state index contributed by atoms with van der Waals surface area (Å²) in [4.78, 5) is 25.3. The number of ether oxygens (including phenoxy) is 1. The van der Waals surface area contributed by atoms with Crippen molar-refractivity contribution in [1.82, 2.24) is 4.90 Å². The van der Waals surface area contributed by atoms with E-state index >= 15 is 0 Å². The van der Waals surface area contributed by atoms with E-state index in [1.54, 1.807) is 31.2 Å². The Kier molecular flexibility index (Phi) is 5.35. The van der Waals surface area contributed by atoms with Crippen molar-refractivity contribution in [1.29, 1.82) is 0 Å². The van der Waals surface area contributed by atoms with Crippen molar-refractivity contribution in [3.8, 4) is 5.75 Å². The van der Waals surface area contributed by atoms with Crippen molar-refractivity contribution in [3.05, 3.63) is 29.8 Å². The van der Waals surface area contributed by atoms with Crippen LogP contribution in [0, 0.1) is 0 Å². The van der Waals surface area contributed by atoms with Crippen molar-refractivity contribution < 1.29 is 19.4 Å². The second-order valence-corrected chi connectivity index (χ2v) is 5.61. The molecule has 0 aliphatic heterocycles. The molecule has 0 heterocycles. The van der Waals surface area contributed by atoms with Crippen LogP contribution in [0.2, 0.25) is 0 Å². The summed E-state index contributed by atoms with van der Waals surface area (Å²) in [6.07, 6.45) is 0.00749. The third-order valence-electron chi connectivity index (χ3n) is 3.21. The number of amides is 1. The fraction of sp³-hybridized carbons (Fsp3) is 0.500. The molecular formula is C16H23NO4. The van der Waals surface area contributed by atoms with E-state index in [0.717, 1.165) is 0 Å². The van der Waals surface area contributed by atoms with E-state index in [1.807, 2.05) is 13.8 Å². The van der Waals surface area contributed by atoms with E-state index in [9.17, 15) is 14.7 Å². The Morgan fingerprint density at radius 1 is 1.33 bits per heavy atom. The average Bonchev–Trinajstić information content (AvgIpc) is 2.38. The first-order chi connectivity index (χ1) is 9.70. The Labute approximate surface area is 125 Å².